The molecule has 1 aromatic rings. The van der Waals surface area contributed by atoms with Crippen molar-refractivity contribution in [3.05, 3.63) is 28.7 Å². The van der Waals surface area contributed by atoms with Crippen LogP contribution in [0.15, 0.2) is 28.7 Å². The molecular weight excluding hydrogens is 278 g/mol. The molecule has 17 heavy (non-hydrogen) atoms. The van der Waals surface area contributed by atoms with Crippen LogP contribution < -0.4 is 4.90 Å². The third-order valence-corrected chi connectivity index (χ3v) is 3.31. The SMILES string of the molecule is CCC(C)OC(C)CN(C)c1cccc(Br)c1. The summed E-state index contributed by atoms with van der Waals surface area (Å²) >= 11 is 3.49. The molecule has 96 valence electrons. The molecule has 0 aliphatic rings. The predicted molar refractivity (Wildman–Crippen MR) is 77.7 cm³/mol. The zero-order chi connectivity index (χ0) is 12.8. The number of anilines is 1. The number of nitrogens with zero attached hydrogens (tertiary/aromatic N) is 1. The zero-order valence-corrected chi connectivity index (χ0v) is 12.7. The molecule has 0 aliphatic carbocycles. The van der Waals surface area contributed by atoms with Gasteiger partial charge in [-0.3, -0.25) is 0 Å². The Hall–Kier alpha value is -0.540. The Morgan fingerprint density at radius 2 is 2.00 bits per heavy atom. The number of hydrogen-bond acceptors (Lipinski definition) is 2. The largest absolute Gasteiger partial charge is 0.374 e. The lowest BCUT2D eigenvalue weighted by atomic mass is 10.2. The second-order valence-electron chi connectivity index (χ2n) is 4.53. The van der Waals surface area contributed by atoms with Gasteiger partial charge in [0.15, 0.2) is 0 Å². The van der Waals surface area contributed by atoms with E-state index in [4.69, 9.17) is 4.74 Å². The highest BCUT2D eigenvalue weighted by Gasteiger charge is 2.10. The minimum atomic E-state index is 0.244. The second kappa shape index (κ2) is 7.02. The summed E-state index contributed by atoms with van der Waals surface area (Å²) in [6.07, 6.45) is 1.64. The van der Waals surface area contributed by atoms with E-state index < -0.39 is 0 Å². The Kier molecular flexibility index (Phi) is 6.00. The van der Waals surface area contributed by atoms with Gasteiger partial charge in [-0.05, 0) is 38.5 Å². The maximum absolute atomic E-state index is 5.87. The Morgan fingerprint density at radius 1 is 1.29 bits per heavy atom. The average molecular weight is 300 g/mol. The Balaban J connectivity index is 2.51. The highest BCUT2D eigenvalue weighted by Crippen LogP contribution is 2.19. The quantitative estimate of drug-likeness (QED) is 0.784. The van der Waals surface area contributed by atoms with E-state index in [0.29, 0.717) is 6.10 Å². The first-order chi connectivity index (χ1) is 8.02. The summed E-state index contributed by atoms with van der Waals surface area (Å²) in [5.74, 6) is 0. The van der Waals surface area contributed by atoms with Gasteiger partial charge >= 0.3 is 0 Å². The lowest BCUT2D eigenvalue weighted by Crippen LogP contribution is -2.31. The van der Waals surface area contributed by atoms with Gasteiger partial charge in [-0.1, -0.05) is 28.9 Å². The number of halogens is 1. The van der Waals surface area contributed by atoms with Crippen LogP contribution >= 0.6 is 15.9 Å². The Morgan fingerprint density at radius 3 is 2.59 bits per heavy atom. The van der Waals surface area contributed by atoms with E-state index in [0.717, 1.165) is 17.4 Å². The maximum Gasteiger partial charge on any atom is 0.0725 e. The monoisotopic (exact) mass is 299 g/mol. The first kappa shape index (κ1) is 14.5. The van der Waals surface area contributed by atoms with E-state index in [1.165, 1.54) is 5.69 Å². The fourth-order valence-corrected chi connectivity index (χ4v) is 2.13. The maximum atomic E-state index is 5.87. The average Bonchev–Trinajstić information content (AvgIpc) is 2.28. The van der Waals surface area contributed by atoms with Crippen molar-refractivity contribution in [1.82, 2.24) is 0 Å². The van der Waals surface area contributed by atoms with Crippen LogP contribution in [0.2, 0.25) is 0 Å². The van der Waals surface area contributed by atoms with Crippen LogP contribution in [-0.4, -0.2) is 25.8 Å². The molecule has 1 rings (SSSR count). The summed E-state index contributed by atoms with van der Waals surface area (Å²) < 4.78 is 6.98. The highest BCUT2D eigenvalue weighted by molar-refractivity contribution is 9.10. The molecule has 0 aromatic heterocycles. The highest BCUT2D eigenvalue weighted by atomic mass is 79.9. The molecule has 0 aliphatic heterocycles. The van der Waals surface area contributed by atoms with Gasteiger partial charge in [0.1, 0.15) is 0 Å². The Bertz CT molecular complexity index is 343. The topological polar surface area (TPSA) is 12.5 Å². The van der Waals surface area contributed by atoms with Gasteiger partial charge < -0.3 is 9.64 Å². The van der Waals surface area contributed by atoms with Crippen LogP contribution in [0, 0.1) is 0 Å². The van der Waals surface area contributed by atoms with E-state index in [-0.39, 0.29) is 6.10 Å². The first-order valence-electron chi connectivity index (χ1n) is 6.15. The molecule has 0 saturated carbocycles. The van der Waals surface area contributed by atoms with Crippen molar-refractivity contribution < 1.29 is 4.74 Å². The molecule has 0 N–H and O–H groups in total. The summed E-state index contributed by atoms with van der Waals surface area (Å²) in [7, 11) is 2.10. The van der Waals surface area contributed by atoms with Crippen LogP contribution in [-0.2, 0) is 4.74 Å². The summed E-state index contributed by atoms with van der Waals surface area (Å²) in [5.41, 5.74) is 1.21. The summed E-state index contributed by atoms with van der Waals surface area (Å²) in [5, 5.41) is 0. The first-order valence-corrected chi connectivity index (χ1v) is 6.94. The second-order valence-corrected chi connectivity index (χ2v) is 5.44. The third kappa shape index (κ3) is 5.09. The zero-order valence-electron chi connectivity index (χ0n) is 11.1. The van der Waals surface area contributed by atoms with Crippen molar-refractivity contribution >= 4 is 21.6 Å². The van der Waals surface area contributed by atoms with Gasteiger partial charge in [-0.2, -0.15) is 0 Å². The molecule has 0 heterocycles. The molecule has 0 bridgehead atoms. The third-order valence-electron chi connectivity index (χ3n) is 2.82. The van der Waals surface area contributed by atoms with Crippen molar-refractivity contribution in [2.24, 2.45) is 0 Å². The van der Waals surface area contributed by atoms with Crippen molar-refractivity contribution in [3.63, 3.8) is 0 Å². The van der Waals surface area contributed by atoms with Gasteiger partial charge in [-0.15, -0.1) is 0 Å². The summed E-state index contributed by atoms with van der Waals surface area (Å²) in [6.45, 7) is 7.30. The molecule has 0 amide bonds. The molecular formula is C14H22BrNO. The van der Waals surface area contributed by atoms with E-state index in [1.807, 2.05) is 6.07 Å². The van der Waals surface area contributed by atoms with Gasteiger partial charge in [0, 0.05) is 23.8 Å². The minimum Gasteiger partial charge on any atom is -0.374 e. The molecule has 0 fully saturated rings. The van der Waals surface area contributed by atoms with Crippen molar-refractivity contribution in [3.8, 4) is 0 Å². The lowest BCUT2D eigenvalue weighted by Gasteiger charge is -2.25. The number of ether oxygens (including phenoxy) is 1. The molecule has 0 saturated heterocycles. The molecule has 2 atom stereocenters. The van der Waals surface area contributed by atoms with Crippen molar-refractivity contribution in [2.45, 2.75) is 39.4 Å². The lowest BCUT2D eigenvalue weighted by molar-refractivity contribution is 0.0114. The minimum absolute atomic E-state index is 0.244. The number of rotatable bonds is 6. The molecule has 0 radical (unpaired) electrons. The van der Waals surface area contributed by atoms with Gasteiger partial charge in [0.05, 0.1) is 12.2 Å². The van der Waals surface area contributed by atoms with E-state index in [9.17, 15) is 0 Å². The van der Waals surface area contributed by atoms with Crippen LogP contribution in [0.5, 0.6) is 0 Å². The number of hydrogen-bond donors (Lipinski definition) is 0. The van der Waals surface area contributed by atoms with E-state index in [1.54, 1.807) is 0 Å². The van der Waals surface area contributed by atoms with E-state index >= 15 is 0 Å². The number of likely N-dealkylation sites (N-methyl/N-ethyl adjacent to an activating group) is 1. The number of benzene rings is 1. The molecule has 2 unspecified atom stereocenters. The van der Waals surface area contributed by atoms with Gasteiger partial charge in [-0.25, -0.2) is 0 Å². The standard InChI is InChI=1S/C14H22BrNO/c1-5-11(2)17-12(3)10-16(4)14-8-6-7-13(15)9-14/h6-9,11-12H,5,10H2,1-4H3. The van der Waals surface area contributed by atoms with Gasteiger partial charge in [0.25, 0.3) is 0 Å². The van der Waals surface area contributed by atoms with Crippen molar-refractivity contribution in [1.29, 1.82) is 0 Å². The van der Waals surface area contributed by atoms with Crippen LogP contribution in [0.1, 0.15) is 27.2 Å². The molecule has 2 nitrogen and oxygen atoms in total. The van der Waals surface area contributed by atoms with Crippen LogP contribution in [0.3, 0.4) is 0 Å². The summed E-state index contributed by atoms with van der Waals surface area (Å²) in [4.78, 5) is 2.22. The normalized spacial score (nSPS) is 14.4. The molecule has 1 aromatic carbocycles. The van der Waals surface area contributed by atoms with Crippen LogP contribution in [0.25, 0.3) is 0 Å². The van der Waals surface area contributed by atoms with Crippen LogP contribution in [0.4, 0.5) is 5.69 Å². The predicted octanol–water partition coefficient (Wildman–Crippen LogP) is 4.09. The summed E-state index contributed by atoms with van der Waals surface area (Å²) in [6, 6.07) is 8.32. The fraction of sp³-hybridized carbons (Fsp3) is 0.571. The van der Waals surface area contributed by atoms with Gasteiger partial charge in [0.2, 0.25) is 0 Å². The smallest absolute Gasteiger partial charge is 0.0725 e. The van der Waals surface area contributed by atoms with Crippen molar-refractivity contribution in [2.75, 3.05) is 18.5 Å². The molecule has 0 spiro atoms. The van der Waals surface area contributed by atoms with E-state index in [2.05, 4.69) is 66.8 Å². The fourth-order valence-electron chi connectivity index (χ4n) is 1.74. The molecule has 3 heteroatoms. The Labute approximate surface area is 113 Å².